The lowest BCUT2D eigenvalue weighted by Gasteiger charge is -2.33. The van der Waals surface area contributed by atoms with Gasteiger partial charge in [0.25, 0.3) is 0 Å². The molecule has 0 radical (unpaired) electrons. The molecule has 1 unspecified atom stereocenters. The van der Waals surface area contributed by atoms with Crippen LogP contribution in [-0.4, -0.2) is 31.1 Å². The van der Waals surface area contributed by atoms with E-state index in [0.29, 0.717) is 17.0 Å². The number of hydrogen-bond acceptors (Lipinski definition) is 4. The highest BCUT2D eigenvalue weighted by Gasteiger charge is 2.35. The molecule has 3 rings (SSSR count). The molecule has 1 aliphatic rings. The van der Waals surface area contributed by atoms with Gasteiger partial charge < -0.3 is 19.7 Å². The number of rotatable bonds is 5. The van der Waals surface area contributed by atoms with Crippen LogP contribution in [0.15, 0.2) is 65.9 Å². The molecule has 2 aromatic carbocycles. The van der Waals surface area contributed by atoms with E-state index in [0.717, 1.165) is 11.1 Å². The predicted octanol–water partition coefficient (Wildman–Crippen LogP) is 3.41. The van der Waals surface area contributed by atoms with Crippen molar-refractivity contribution in [2.45, 2.75) is 19.6 Å². The third kappa shape index (κ3) is 3.95. The number of ether oxygens (including phenoxy) is 2. The Kier molecular flexibility index (Phi) is 5.45. The maximum absolute atomic E-state index is 12.9. The van der Waals surface area contributed by atoms with Crippen molar-refractivity contribution in [1.29, 1.82) is 0 Å². The SMILES string of the molecule is COc1ccc(C2NC(=O)N(C)C(C)=C2C(=O)OCc2ccccc2)cc1. The lowest BCUT2D eigenvalue weighted by atomic mass is 9.95. The Morgan fingerprint density at radius 3 is 2.41 bits per heavy atom. The van der Waals surface area contributed by atoms with Gasteiger partial charge in [-0.15, -0.1) is 0 Å². The molecule has 6 heteroatoms. The molecule has 1 heterocycles. The van der Waals surface area contributed by atoms with E-state index in [1.54, 1.807) is 33.2 Å². The number of hydrogen-bond donors (Lipinski definition) is 1. The average molecular weight is 366 g/mol. The van der Waals surface area contributed by atoms with Gasteiger partial charge in [-0.1, -0.05) is 42.5 Å². The van der Waals surface area contributed by atoms with Gasteiger partial charge >= 0.3 is 12.0 Å². The summed E-state index contributed by atoms with van der Waals surface area (Å²) >= 11 is 0. The highest BCUT2D eigenvalue weighted by molar-refractivity contribution is 5.95. The smallest absolute Gasteiger partial charge is 0.338 e. The normalized spacial score (nSPS) is 16.8. The number of amides is 2. The van der Waals surface area contributed by atoms with Crippen LogP contribution in [0.25, 0.3) is 0 Å². The molecule has 1 atom stereocenters. The topological polar surface area (TPSA) is 67.9 Å². The summed E-state index contributed by atoms with van der Waals surface area (Å²) in [5.74, 6) is 0.246. The molecule has 1 aliphatic heterocycles. The van der Waals surface area contributed by atoms with Crippen molar-refractivity contribution < 1.29 is 19.1 Å². The molecule has 140 valence electrons. The van der Waals surface area contributed by atoms with Crippen LogP contribution in [0.1, 0.15) is 24.1 Å². The van der Waals surface area contributed by atoms with Gasteiger partial charge in [0.1, 0.15) is 12.4 Å². The number of allylic oxidation sites excluding steroid dienone is 1. The summed E-state index contributed by atoms with van der Waals surface area (Å²) in [6, 6.07) is 15.9. The van der Waals surface area contributed by atoms with E-state index in [2.05, 4.69) is 5.32 Å². The quantitative estimate of drug-likeness (QED) is 0.824. The highest BCUT2D eigenvalue weighted by Crippen LogP contribution is 2.31. The van der Waals surface area contributed by atoms with Crippen molar-refractivity contribution in [3.05, 3.63) is 77.0 Å². The summed E-state index contributed by atoms with van der Waals surface area (Å²) in [6.45, 7) is 1.91. The second-order valence-electron chi connectivity index (χ2n) is 6.28. The van der Waals surface area contributed by atoms with Crippen LogP contribution in [0.5, 0.6) is 5.75 Å². The van der Waals surface area contributed by atoms with Crippen LogP contribution in [-0.2, 0) is 16.1 Å². The minimum absolute atomic E-state index is 0.170. The lowest BCUT2D eigenvalue weighted by molar-refractivity contribution is -0.141. The number of nitrogens with one attached hydrogen (secondary N) is 1. The number of nitrogens with zero attached hydrogens (tertiary/aromatic N) is 1. The maximum Gasteiger partial charge on any atom is 0.338 e. The Labute approximate surface area is 158 Å². The number of benzene rings is 2. The molecule has 0 saturated carbocycles. The summed E-state index contributed by atoms with van der Waals surface area (Å²) in [7, 11) is 3.21. The second-order valence-corrected chi connectivity index (χ2v) is 6.28. The molecular formula is C21H22N2O4. The number of urea groups is 1. The molecule has 0 aromatic heterocycles. The Bertz CT molecular complexity index is 860. The summed E-state index contributed by atoms with van der Waals surface area (Å²) in [5, 5.41) is 2.87. The van der Waals surface area contributed by atoms with Gasteiger partial charge in [-0.3, -0.25) is 0 Å². The molecule has 6 nitrogen and oxygen atoms in total. The monoisotopic (exact) mass is 366 g/mol. The van der Waals surface area contributed by atoms with E-state index in [1.165, 1.54) is 4.90 Å². The standard InChI is InChI=1S/C21H22N2O4/c1-14-18(20(24)27-13-15-7-5-4-6-8-15)19(22-21(25)23(14)2)16-9-11-17(26-3)12-10-16/h4-12,19H,13H2,1-3H3,(H,22,25). The van der Waals surface area contributed by atoms with Crippen molar-refractivity contribution in [3.63, 3.8) is 0 Å². The molecule has 2 amide bonds. The fourth-order valence-electron chi connectivity index (χ4n) is 2.95. The summed E-state index contributed by atoms with van der Waals surface area (Å²) in [6.07, 6.45) is 0. The lowest BCUT2D eigenvalue weighted by Crippen LogP contribution is -2.46. The van der Waals surface area contributed by atoms with Crippen LogP contribution in [0.2, 0.25) is 0 Å². The first-order valence-corrected chi connectivity index (χ1v) is 8.61. The minimum atomic E-state index is -0.581. The van der Waals surface area contributed by atoms with Crippen LogP contribution in [0.4, 0.5) is 4.79 Å². The van der Waals surface area contributed by atoms with Crippen LogP contribution < -0.4 is 10.1 Å². The molecule has 27 heavy (non-hydrogen) atoms. The summed E-state index contributed by atoms with van der Waals surface area (Å²) in [5.41, 5.74) is 2.66. The van der Waals surface area contributed by atoms with Gasteiger partial charge in [0.2, 0.25) is 0 Å². The number of methoxy groups -OCH3 is 1. The van der Waals surface area contributed by atoms with Gasteiger partial charge in [0, 0.05) is 12.7 Å². The summed E-state index contributed by atoms with van der Waals surface area (Å²) in [4.78, 5) is 26.5. The molecule has 0 fully saturated rings. The Morgan fingerprint density at radius 2 is 1.78 bits per heavy atom. The molecule has 0 saturated heterocycles. The van der Waals surface area contributed by atoms with Crippen molar-refractivity contribution >= 4 is 12.0 Å². The molecule has 0 spiro atoms. The van der Waals surface area contributed by atoms with Gasteiger partial charge in [-0.05, 0) is 30.2 Å². The van der Waals surface area contributed by atoms with E-state index in [-0.39, 0.29) is 12.6 Å². The van der Waals surface area contributed by atoms with E-state index >= 15 is 0 Å². The van der Waals surface area contributed by atoms with Crippen molar-refractivity contribution in [1.82, 2.24) is 10.2 Å². The van der Waals surface area contributed by atoms with Crippen LogP contribution in [0.3, 0.4) is 0 Å². The Morgan fingerprint density at radius 1 is 1.11 bits per heavy atom. The predicted molar refractivity (Wildman–Crippen MR) is 101 cm³/mol. The summed E-state index contributed by atoms with van der Waals surface area (Å²) < 4.78 is 10.7. The van der Waals surface area contributed by atoms with E-state index in [9.17, 15) is 9.59 Å². The van der Waals surface area contributed by atoms with E-state index in [4.69, 9.17) is 9.47 Å². The Hall–Kier alpha value is -3.28. The van der Waals surface area contributed by atoms with Crippen molar-refractivity contribution in [2.24, 2.45) is 0 Å². The first kappa shape index (κ1) is 18.5. The number of carbonyl (C=O) groups excluding carboxylic acids is 2. The first-order chi connectivity index (χ1) is 13.0. The van der Waals surface area contributed by atoms with Gasteiger partial charge in [0.05, 0.1) is 18.7 Å². The molecule has 2 aromatic rings. The third-order valence-electron chi connectivity index (χ3n) is 4.64. The highest BCUT2D eigenvalue weighted by atomic mass is 16.5. The zero-order valence-corrected chi connectivity index (χ0v) is 15.6. The fourth-order valence-corrected chi connectivity index (χ4v) is 2.95. The minimum Gasteiger partial charge on any atom is -0.497 e. The Balaban J connectivity index is 1.88. The molecular weight excluding hydrogens is 344 g/mol. The van der Waals surface area contributed by atoms with Gasteiger partial charge in [0.15, 0.2) is 0 Å². The first-order valence-electron chi connectivity index (χ1n) is 8.61. The van der Waals surface area contributed by atoms with E-state index in [1.807, 2.05) is 42.5 Å². The van der Waals surface area contributed by atoms with Crippen LogP contribution >= 0.6 is 0 Å². The largest absolute Gasteiger partial charge is 0.497 e. The number of carbonyl (C=O) groups is 2. The van der Waals surface area contributed by atoms with Gasteiger partial charge in [-0.25, -0.2) is 9.59 Å². The molecule has 0 bridgehead atoms. The average Bonchev–Trinajstić information content (AvgIpc) is 2.71. The molecule has 0 aliphatic carbocycles. The van der Waals surface area contributed by atoms with E-state index < -0.39 is 12.0 Å². The maximum atomic E-state index is 12.9. The van der Waals surface area contributed by atoms with Crippen molar-refractivity contribution in [2.75, 3.05) is 14.2 Å². The van der Waals surface area contributed by atoms with Gasteiger partial charge in [-0.2, -0.15) is 0 Å². The zero-order valence-electron chi connectivity index (χ0n) is 15.6. The third-order valence-corrected chi connectivity index (χ3v) is 4.64. The number of esters is 1. The molecule has 1 N–H and O–H groups in total. The zero-order chi connectivity index (χ0) is 19.4. The van der Waals surface area contributed by atoms with Crippen molar-refractivity contribution in [3.8, 4) is 5.75 Å². The fraction of sp³-hybridized carbons (Fsp3) is 0.238. The second kappa shape index (κ2) is 7.95. The van der Waals surface area contributed by atoms with Crippen LogP contribution in [0, 0.1) is 0 Å².